The third kappa shape index (κ3) is 5.14. The molecule has 6 fully saturated rings. The van der Waals surface area contributed by atoms with Crippen LogP contribution >= 0.6 is 0 Å². The van der Waals surface area contributed by atoms with Gasteiger partial charge in [0.05, 0.1) is 6.26 Å². The number of aliphatic carboxylic acids is 1. The minimum Gasteiger partial charge on any atom is -0.482 e. The molecular weight excluding hydrogens is 490 g/mol. The maximum absolute atomic E-state index is 10.7. The van der Waals surface area contributed by atoms with Gasteiger partial charge in [0, 0.05) is 30.7 Å². The summed E-state index contributed by atoms with van der Waals surface area (Å²) in [5, 5.41) is 8.74. The Balaban J connectivity index is 0.000000489. The number of nitrogens with two attached hydrogens (primary N) is 1. The van der Waals surface area contributed by atoms with Gasteiger partial charge in [0.2, 0.25) is 11.6 Å². The molecule has 1 aromatic rings. The second-order valence-corrected chi connectivity index (χ2v) is 12.6. The van der Waals surface area contributed by atoms with Crippen molar-refractivity contribution in [2.45, 2.75) is 74.9 Å². The molecule has 0 aromatic heterocycles. The Morgan fingerprint density at radius 3 is 2.08 bits per heavy atom. The molecule has 1 aromatic carbocycles. The molecule has 0 radical (unpaired) electrons. The fourth-order valence-electron chi connectivity index (χ4n) is 7.18. The van der Waals surface area contributed by atoms with E-state index in [0.717, 1.165) is 51.4 Å². The fraction of sp³-hybridized carbons (Fsp3) is 0.720. The first-order valence-electron chi connectivity index (χ1n) is 12.7. The lowest BCUT2D eigenvalue weighted by Gasteiger charge is -2.59. The molecule has 1 heterocycles. The molecule has 36 heavy (non-hydrogen) atoms. The van der Waals surface area contributed by atoms with E-state index in [0.29, 0.717) is 47.6 Å². The van der Waals surface area contributed by atoms with E-state index >= 15 is 0 Å². The van der Waals surface area contributed by atoms with E-state index in [4.69, 9.17) is 34.6 Å². The van der Waals surface area contributed by atoms with Crippen molar-refractivity contribution in [1.82, 2.24) is 0 Å². The highest BCUT2D eigenvalue weighted by molar-refractivity contribution is 7.85. The van der Waals surface area contributed by atoms with Crippen molar-refractivity contribution in [3.8, 4) is 5.75 Å². The van der Waals surface area contributed by atoms with Crippen LogP contribution in [0.5, 0.6) is 5.75 Å². The predicted molar refractivity (Wildman–Crippen MR) is 127 cm³/mol. The summed E-state index contributed by atoms with van der Waals surface area (Å²) in [6.45, 7) is -0.322. The summed E-state index contributed by atoms with van der Waals surface area (Å²) >= 11 is 0. The third-order valence-corrected chi connectivity index (χ3v) is 8.71. The lowest BCUT2D eigenvalue weighted by atomic mass is 9.51. The molecule has 2 spiro atoms. The molecule has 200 valence electrons. The van der Waals surface area contributed by atoms with Crippen LogP contribution in [0.15, 0.2) is 24.3 Å². The fourth-order valence-corrected chi connectivity index (χ4v) is 7.18. The number of ether oxygens (including phenoxy) is 2. The van der Waals surface area contributed by atoms with Gasteiger partial charge in [0.15, 0.2) is 6.61 Å². The summed E-state index contributed by atoms with van der Waals surface area (Å²) in [6, 6.07) is 8.13. The van der Waals surface area contributed by atoms with Gasteiger partial charge in [-0.1, -0.05) is 12.1 Å². The maximum Gasteiger partial charge on any atom is 0.341 e. The van der Waals surface area contributed by atoms with Crippen molar-refractivity contribution in [3.63, 3.8) is 0 Å². The largest absolute Gasteiger partial charge is 0.482 e. The summed E-state index contributed by atoms with van der Waals surface area (Å²) in [4.78, 5) is 22.8. The highest BCUT2D eigenvalue weighted by atomic mass is 32.2. The molecule has 5 aliphatic carbocycles. The first-order chi connectivity index (χ1) is 17.0. The quantitative estimate of drug-likeness (QED) is 0.394. The zero-order valence-corrected chi connectivity index (χ0v) is 21.2. The minimum absolute atomic E-state index is 0.322. The van der Waals surface area contributed by atoms with Crippen molar-refractivity contribution in [2.24, 2.45) is 29.4 Å². The zero-order chi connectivity index (χ0) is 25.7. The second kappa shape index (κ2) is 9.52. The predicted octanol–water partition coefficient (Wildman–Crippen LogP) is 3.08. The van der Waals surface area contributed by atoms with Crippen molar-refractivity contribution in [1.29, 1.82) is 0 Å². The zero-order valence-electron chi connectivity index (χ0n) is 20.4. The van der Waals surface area contributed by atoms with Gasteiger partial charge in [0.1, 0.15) is 5.75 Å². The van der Waals surface area contributed by atoms with Gasteiger partial charge in [-0.25, -0.2) is 4.79 Å². The van der Waals surface area contributed by atoms with Gasteiger partial charge < -0.3 is 20.3 Å². The molecule has 5 saturated carbocycles. The average Bonchev–Trinajstić information content (AvgIpc) is 3.16. The number of hydrogen-bond donors (Lipinski definition) is 3. The lowest BCUT2D eigenvalue weighted by Crippen LogP contribution is -2.64. The standard InChI is InChI=1S/C24H31NO6.CH4O3S/c25-22-16-9-18-11-17(22)12-19(10-16)24(18)29-23(30-31-24)7-5-15(6-8-23)14-1-3-20(4-2-14)28-13-21(26)27;1-5(2,3)4/h1-4,15-19,22H,5-13,25H2,(H,26,27);1H3,(H,2,3,4). The van der Waals surface area contributed by atoms with Gasteiger partial charge in [0.25, 0.3) is 10.1 Å². The number of benzene rings is 1. The molecule has 1 saturated heterocycles. The molecule has 0 amide bonds. The SMILES string of the molecule is CS(=O)(=O)O.NC1C2CC3CC1CC(C2)C31OOC2(CCC(c3ccc(OCC(=O)O)cc3)CC2)O1. The Kier molecular flexibility index (Phi) is 6.84. The highest BCUT2D eigenvalue weighted by Gasteiger charge is 2.68. The molecule has 10 nitrogen and oxygen atoms in total. The molecular formula is C25H35NO9S. The lowest BCUT2D eigenvalue weighted by molar-refractivity contribution is -0.390. The number of carboxylic acid groups (broad SMARTS) is 1. The van der Waals surface area contributed by atoms with Crippen LogP contribution in [0.3, 0.4) is 0 Å². The van der Waals surface area contributed by atoms with Gasteiger partial charge in [-0.05, 0) is 74.0 Å². The van der Waals surface area contributed by atoms with Crippen LogP contribution in [0.25, 0.3) is 0 Å². The normalized spacial score (nSPS) is 40.8. The van der Waals surface area contributed by atoms with Crippen molar-refractivity contribution in [3.05, 3.63) is 29.8 Å². The van der Waals surface area contributed by atoms with Crippen LogP contribution in [0.2, 0.25) is 0 Å². The number of carbonyl (C=O) groups is 1. The van der Waals surface area contributed by atoms with Crippen LogP contribution in [-0.2, 0) is 29.4 Å². The Bertz CT molecular complexity index is 1030. The summed E-state index contributed by atoms with van der Waals surface area (Å²) in [6.07, 6.45) is 8.72. The molecule has 0 atom stereocenters. The smallest absolute Gasteiger partial charge is 0.341 e. The summed E-state index contributed by atoms with van der Waals surface area (Å²) < 4.78 is 37.9. The highest BCUT2D eigenvalue weighted by Crippen LogP contribution is 2.63. The molecule has 1 aliphatic heterocycles. The number of hydrogen-bond acceptors (Lipinski definition) is 8. The second-order valence-electron chi connectivity index (χ2n) is 11.1. The van der Waals surface area contributed by atoms with E-state index in [9.17, 15) is 13.2 Å². The molecule has 0 unspecified atom stereocenters. The number of carboxylic acids is 1. The summed E-state index contributed by atoms with van der Waals surface area (Å²) in [5.74, 6) is 0.930. The van der Waals surface area contributed by atoms with E-state index in [2.05, 4.69) is 0 Å². The van der Waals surface area contributed by atoms with Crippen LogP contribution in [0, 0.1) is 23.7 Å². The van der Waals surface area contributed by atoms with Crippen LogP contribution in [-0.4, -0.2) is 54.5 Å². The van der Waals surface area contributed by atoms with E-state index in [1.54, 1.807) is 0 Å². The van der Waals surface area contributed by atoms with E-state index in [-0.39, 0.29) is 6.61 Å². The van der Waals surface area contributed by atoms with Gasteiger partial charge in [-0.3, -0.25) is 4.55 Å². The average molecular weight is 526 g/mol. The first kappa shape index (κ1) is 25.9. The van der Waals surface area contributed by atoms with Gasteiger partial charge >= 0.3 is 5.97 Å². The topological polar surface area (TPSA) is 155 Å². The van der Waals surface area contributed by atoms with E-state index in [1.807, 2.05) is 24.3 Å². The Labute approximate surface area is 211 Å². The molecule has 4 bridgehead atoms. The molecule has 11 heteroatoms. The molecule has 4 N–H and O–H groups in total. The van der Waals surface area contributed by atoms with Crippen LogP contribution < -0.4 is 10.5 Å². The van der Waals surface area contributed by atoms with Crippen molar-refractivity contribution >= 4 is 16.1 Å². The van der Waals surface area contributed by atoms with Crippen LogP contribution in [0.1, 0.15) is 62.8 Å². The Morgan fingerprint density at radius 1 is 1.06 bits per heavy atom. The first-order valence-corrected chi connectivity index (χ1v) is 14.5. The van der Waals surface area contributed by atoms with Crippen molar-refractivity contribution in [2.75, 3.05) is 12.9 Å². The molecule has 6 aliphatic rings. The maximum atomic E-state index is 10.7. The Morgan fingerprint density at radius 2 is 1.58 bits per heavy atom. The van der Waals surface area contributed by atoms with E-state index < -0.39 is 27.7 Å². The number of rotatable bonds is 4. The monoisotopic (exact) mass is 525 g/mol. The molecule has 7 rings (SSSR count). The Hall–Kier alpha value is -1.76. The van der Waals surface area contributed by atoms with Crippen molar-refractivity contribution < 1.29 is 42.1 Å². The minimum atomic E-state index is -3.67. The summed E-state index contributed by atoms with van der Waals surface area (Å²) in [5.41, 5.74) is 7.70. The van der Waals surface area contributed by atoms with Crippen LogP contribution in [0.4, 0.5) is 0 Å². The van der Waals surface area contributed by atoms with E-state index in [1.165, 1.54) is 5.56 Å². The van der Waals surface area contributed by atoms with Gasteiger partial charge in [-0.2, -0.15) is 18.2 Å². The summed E-state index contributed by atoms with van der Waals surface area (Å²) in [7, 11) is -3.67. The third-order valence-electron chi connectivity index (χ3n) is 8.71. The van der Waals surface area contributed by atoms with Gasteiger partial charge in [-0.15, -0.1) is 0 Å².